The second-order valence-electron chi connectivity index (χ2n) is 2.52. The molecule has 0 bridgehead atoms. The number of hydrogen-bond donors (Lipinski definition) is 0. The first kappa shape index (κ1) is 11.9. The molecule has 13 heavy (non-hydrogen) atoms. The zero-order valence-electron chi connectivity index (χ0n) is 7.14. The molecule has 0 saturated heterocycles. The van der Waals surface area contributed by atoms with Gasteiger partial charge in [0.1, 0.15) is 0 Å². The van der Waals surface area contributed by atoms with Gasteiger partial charge in [0.2, 0.25) is 0 Å². The largest absolute Gasteiger partial charge is 0.491 e. The SMILES string of the molecule is CCC(C)C(=O)OC(=O)C(F)(F)F. The van der Waals surface area contributed by atoms with E-state index in [1.54, 1.807) is 6.92 Å². The fraction of sp³-hybridized carbons (Fsp3) is 0.714. The molecule has 1 unspecified atom stereocenters. The molecule has 0 amide bonds. The summed E-state index contributed by atoms with van der Waals surface area (Å²) in [7, 11) is 0. The molecule has 3 nitrogen and oxygen atoms in total. The summed E-state index contributed by atoms with van der Waals surface area (Å²) >= 11 is 0. The highest BCUT2D eigenvalue weighted by Crippen LogP contribution is 2.17. The minimum Gasteiger partial charge on any atom is -0.386 e. The summed E-state index contributed by atoms with van der Waals surface area (Å²) in [6.07, 6.45) is -4.78. The van der Waals surface area contributed by atoms with Crippen molar-refractivity contribution < 1.29 is 27.5 Å². The van der Waals surface area contributed by atoms with Crippen LogP contribution in [-0.2, 0) is 14.3 Å². The second kappa shape index (κ2) is 4.25. The van der Waals surface area contributed by atoms with Crippen LogP contribution in [0.2, 0.25) is 0 Å². The van der Waals surface area contributed by atoms with Gasteiger partial charge in [-0.05, 0) is 6.42 Å². The van der Waals surface area contributed by atoms with E-state index in [2.05, 4.69) is 4.74 Å². The number of halogens is 3. The minimum atomic E-state index is -5.11. The summed E-state index contributed by atoms with van der Waals surface area (Å²) in [6, 6.07) is 0. The number of carbonyl (C=O) groups excluding carboxylic acids is 2. The van der Waals surface area contributed by atoms with Gasteiger partial charge in [-0.1, -0.05) is 13.8 Å². The van der Waals surface area contributed by atoms with Gasteiger partial charge in [0.05, 0.1) is 5.92 Å². The lowest BCUT2D eigenvalue weighted by atomic mass is 10.1. The lowest BCUT2D eigenvalue weighted by Crippen LogP contribution is -2.30. The van der Waals surface area contributed by atoms with Gasteiger partial charge >= 0.3 is 18.1 Å². The third-order valence-corrected chi connectivity index (χ3v) is 1.44. The van der Waals surface area contributed by atoms with Crippen molar-refractivity contribution in [2.24, 2.45) is 5.92 Å². The van der Waals surface area contributed by atoms with E-state index in [0.29, 0.717) is 6.42 Å². The zero-order chi connectivity index (χ0) is 10.6. The molecule has 1 atom stereocenters. The van der Waals surface area contributed by atoms with Crippen LogP contribution in [-0.4, -0.2) is 18.1 Å². The van der Waals surface area contributed by atoms with Gasteiger partial charge in [0.15, 0.2) is 0 Å². The Balaban J connectivity index is 4.16. The van der Waals surface area contributed by atoms with E-state index in [9.17, 15) is 22.8 Å². The zero-order valence-corrected chi connectivity index (χ0v) is 7.14. The van der Waals surface area contributed by atoms with Crippen molar-refractivity contribution in [1.82, 2.24) is 0 Å². The van der Waals surface area contributed by atoms with Crippen molar-refractivity contribution in [3.63, 3.8) is 0 Å². The lowest BCUT2D eigenvalue weighted by molar-refractivity contribution is -0.203. The van der Waals surface area contributed by atoms with Gasteiger partial charge in [-0.3, -0.25) is 4.79 Å². The first-order valence-electron chi connectivity index (χ1n) is 3.61. The van der Waals surface area contributed by atoms with E-state index in [0.717, 1.165) is 0 Å². The van der Waals surface area contributed by atoms with Crippen LogP contribution >= 0.6 is 0 Å². The molecule has 0 N–H and O–H groups in total. The molecular weight excluding hydrogens is 189 g/mol. The highest BCUT2D eigenvalue weighted by atomic mass is 19.4. The van der Waals surface area contributed by atoms with Crippen molar-refractivity contribution in [3.8, 4) is 0 Å². The Bertz CT molecular complexity index is 210. The summed E-state index contributed by atoms with van der Waals surface area (Å²) in [5, 5.41) is 0. The van der Waals surface area contributed by atoms with Gasteiger partial charge in [-0.15, -0.1) is 0 Å². The van der Waals surface area contributed by atoms with E-state index < -0.39 is 24.0 Å². The molecular formula is C7H9F3O3. The van der Waals surface area contributed by atoms with Crippen LogP contribution in [0.4, 0.5) is 13.2 Å². The Morgan fingerprint density at radius 1 is 1.38 bits per heavy atom. The molecule has 76 valence electrons. The predicted octanol–water partition coefficient (Wildman–Crippen LogP) is 1.66. The summed E-state index contributed by atoms with van der Waals surface area (Å²) in [5.41, 5.74) is 0. The molecule has 0 heterocycles. The molecule has 0 rings (SSSR count). The van der Waals surface area contributed by atoms with Crippen molar-refractivity contribution in [1.29, 1.82) is 0 Å². The first-order valence-corrected chi connectivity index (χ1v) is 3.61. The van der Waals surface area contributed by atoms with Crippen LogP contribution in [0.3, 0.4) is 0 Å². The molecule has 0 radical (unpaired) electrons. The predicted molar refractivity (Wildman–Crippen MR) is 36.6 cm³/mol. The average Bonchev–Trinajstić information content (AvgIpc) is 2.01. The lowest BCUT2D eigenvalue weighted by Gasteiger charge is -2.08. The van der Waals surface area contributed by atoms with Gasteiger partial charge in [0.25, 0.3) is 0 Å². The number of ether oxygens (including phenoxy) is 1. The van der Waals surface area contributed by atoms with E-state index in [4.69, 9.17) is 0 Å². The van der Waals surface area contributed by atoms with Crippen molar-refractivity contribution in [3.05, 3.63) is 0 Å². The van der Waals surface area contributed by atoms with Crippen LogP contribution in [0.15, 0.2) is 0 Å². The van der Waals surface area contributed by atoms with Crippen LogP contribution in [0, 0.1) is 5.92 Å². The average molecular weight is 198 g/mol. The number of alkyl halides is 3. The quantitative estimate of drug-likeness (QED) is 0.500. The molecule has 0 spiro atoms. The molecule has 0 aromatic carbocycles. The molecule has 0 saturated carbocycles. The molecule has 0 aliphatic rings. The summed E-state index contributed by atoms with van der Waals surface area (Å²) in [5.74, 6) is -4.31. The monoisotopic (exact) mass is 198 g/mol. The first-order chi connectivity index (χ1) is 5.79. The molecule has 0 aliphatic heterocycles. The van der Waals surface area contributed by atoms with E-state index in [-0.39, 0.29) is 0 Å². The topological polar surface area (TPSA) is 43.4 Å². The maximum absolute atomic E-state index is 11.6. The molecule has 0 aliphatic carbocycles. The Hall–Kier alpha value is -1.07. The van der Waals surface area contributed by atoms with Gasteiger partial charge in [-0.2, -0.15) is 13.2 Å². The fourth-order valence-electron chi connectivity index (χ4n) is 0.416. The number of rotatable bonds is 2. The van der Waals surface area contributed by atoms with E-state index >= 15 is 0 Å². The van der Waals surface area contributed by atoms with Crippen LogP contribution < -0.4 is 0 Å². The fourth-order valence-corrected chi connectivity index (χ4v) is 0.416. The number of hydrogen-bond acceptors (Lipinski definition) is 3. The van der Waals surface area contributed by atoms with Gasteiger partial charge < -0.3 is 4.74 Å². The van der Waals surface area contributed by atoms with Crippen molar-refractivity contribution in [2.45, 2.75) is 26.4 Å². The maximum Gasteiger partial charge on any atom is 0.491 e. The summed E-state index contributed by atoms with van der Waals surface area (Å²) < 4.78 is 38.2. The van der Waals surface area contributed by atoms with Crippen LogP contribution in [0.5, 0.6) is 0 Å². The van der Waals surface area contributed by atoms with Gasteiger partial charge in [-0.25, -0.2) is 4.79 Å². The third-order valence-electron chi connectivity index (χ3n) is 1.44. The third kappa shape index (κ3) is 3.91. The van der Waals surface area contributed by atoms with Gasteiger partial charge in [0, 0.05) is 0 Å². The molecule has 0 fully saturated rings. The van der Waals surface area contributed by atoms with Crippen LogP contribution in [0.25, 0.3) is 0 Å². The van der Waals surface area contributed by atoms with Crippen molar-refractivity contribution >= 4 is 11.9 Å². The van der Waals surface area contributed by atoms with E-state index in [1.165, 1.54) is 6.92 Å². The van der Waals surface area contributed by atoms with Crippen LogP contribution in [0.1, 0.15) is 20.3 Å². The minimum absolute atomic E-state index is 0.323. The number of carbonyl (C=O) groups is 2. The molecule has 0 aromatic rings. The smallest absolute Gasteiger partial charge is 0.386 e. The van der Waals surface area contributed by atoms with Crippen molar-refractivity contribution in [2.75, 3.05) is 0 Å². The Morgan fingerprint density at radius 2 is 1.85 bits per heavy atom. The maximum atomic E-state index is 11.6. The Kier molecular flexibility index (Phi) is 3.90. The Morgan fingerprint density at radius 3 is 2.15 bits per heavy atom. The Labute approximate surface area is 72.9 Å². The highest BCUT2D eigenvalue weighted by Gasteiger charge is 2.42. The second-order valence-corrected chi connectivity index (χ2v) is 2.52. The summed E-state index contributed by atoms with van der Waals surface area (Å²) in [4.78, 5) is 20.8. The normalized spacial score (nSPS) is 13.6. The summed E-state index contributed by atoms with van der Waals surface area (Å²) in [6.45, 7) is 2.98. The standard InChI is InChI=1S/C7H9F3O3/c1-3-4(2)5(11)13-6(12)7(8,9)10/h4H,3H2,1-2H3. The molecule has 0 aromatic heterocycles. The van der Waals surface area contributed by atoms with E-state index in [1.807, 2.05) is 0 Å². The molecule has 6 heteroatoms. The number of esters is 2. The highest BCUT2D eigenvalue weighted by molar-refractivity contribution is 5.89.